The molecule has 0 aromatic rings. The summed E-state index contributed by atoms with van der Waals surface area (Å²) in [5.74, 6) is 0.513. The Morgan fingerprint density at radius 3 is 2.08 bits per heavy atom. The lowest BCUT2D eigenvalue weighted by Gasteiger charge is -2.23. The van der Waals surface area contributed by atoms with Crippen molar-refractivity contribution in [2.24, 2.45) is 5.92 Å². The molecular formula is C10H21O2. The van der Waals surface area contributed by atoms with Crippen LogP contribution in [0.25, 0.3) is 0 Å². The van der Waals surface area contributed by atoms with Gasteiger partial charge in [-0.15, -0.1) is 0 Å². The summed E-state index contributed by atoms with van der Waals surface area (Å²) in [5, 5.41) is 10.3. The van der Waals surface area contributed by atoms with Gasteiger partial charge in [0.2, 0.25) is 0 Å². The Kier molecular flexibility index (Phi) is 6.39. The minimum atomic E-state index is 0.0185. The molecule has 73 valence electrons. The molecular weight excluding hydrogens is 152 g/mol. The van der Waals surface area contributed by atoms with Gasteiger partial charge in [0.1, 0.15) is 0 Å². The summed E-state index contributed by atoms with van der Waals surface area (Å²) in [6.45, 7) is 8.36. The van der Waals surface area contributed by atoms with Gasteiger partial charge in [-0.2, -0.15) is 0 Å². The van der Waals surface area contributed by atoms with E-state index in [9.17, 15) is 5.11 Å². The molecule has 1 unspecified atom stereocenters. The Balaban J connectivity index is 3.70. The van der Waals surface area contributed by atoms with Crippen LogP contribution < -0.4 is 0 Å². The summed E-state index contributed by atoms with van der Waals surface area (Å²) in [6, 6.07) is 0. The van der Waals surface area contributed by atoms with Crippen molar-refractivity contribution in [1.82, 2.24) is 0 Å². The Morgan fingerprint density at radius 2 is 1.75 bits per heavy atom. The second-order valence-electron chi connectivity index (χ2n) is 3.81. The highest BCUT2D eigenvalue weighted by molar-refractivity contribution is 4.63. The van der Waals surface area contributed by atoms with Gasteiger partial charge in [0.25, 0.3) is 0 Å². The van der Waals surface area contributed by atoms with Crippen LogP contribution in [0.15, 0.2) is 0 Å². The van der Waals surface area contributed by atoms with Crippen molar-refractivity contribution in [3.63, 3.8) is 0 Å². The highest BCUT2D eigenvalue weighted by Gasteiger charge is 2.14. The zero-order valence-corrected chi connectivity index (χ0v) is 8.67. The number of ether oxygens (including phenoxy) is 1. The molecule has 0 aliphatic rings. The third kappa shape index (κ3) is 5.56. The van der Waals surface area contributed by atoms with E-state index < -0.39 is 0 Å². The lowest BCUT2D eigenvalue weighted by molar-refractivity contribution is -0.0266. The molecule has 12 heavy (non-hydrogen) atoms. The zero-order valence-electron chi connectivity index (χ0n) is 8.67. The average molecular weight is 173 g/mol. The first-order valence-corrected chi connectivity index (χ1v) is 4.81. The van der Waals surface area contributed by atoms with E-state index in [0.717, 1.165) is 12.8 Å². The molecule has 0 saturated carbocycles. The van der Waals surface area contributed by atoms with Crippen LogP contribution in [-0.2, 0) is 9.84 Å². The van der Waals surface area contributed by atoms with Crippen LogP contribution in [0.5, 0.6) is 0 Å². The lowest BCUT2D eigenvalue weighted by atomic mass is 10.0. The molecule has 0 aliphatic heterocycles. The summed E-state index contributed by atoms with van der Waals surface area (Å²) < 4.78 is 5.67. The van der Waals surface area contributed by atoms with Crippen LogP contribution in [0.4, 0.5) is 0 Å². The molecule has 0 N–H and O–H groups in total. The molecule has 0 aromatic carbocycles. The van der Waals surface area contributed by atoms with E-state index in [1.807, 2.05) is 13.8 Å². The number of hydrogen-bond acceptors (Lipinski definition) is 1. The van der Waals surface area contributed by atoms with Crippen molar-refractivity contribution < 1.29 is 9.84 Å². The molecule has 0 rings (SSSR count). The van der Waals surface area contributed by atoms with E-state index >= 15 is 0 Å². The van der Waals surface area contributed by atoms with E-state index in [4.69, 9.17) is 4.74 Å². The van der Waals surface area contributed by atoms with E-state index in [1.54, 1.807) is 0 Å². The third-order valence-electron chi connectivity index (χ3n) is 1.82. The standard InChI is InChI=1S/C10H21O2/c1-8(2)10(6-5-7-11)12-9(3)4/h8-10H,5-7H2,1-4H3. The molecule has 0 bridgehead atoms. The molecule has 0 saturated heterocycles. The minimum absolute atomic E-state index is 0.0185. The zero-order chi connectivity index (χ0) is 9.56. The Morgan fingerprint density at radius 1 is 1.17 bits per heavy atom. The lowest BCUT2D eigenvalue weighted by Crippen LogP contribution is -2.23. The first kappa shape index (κ1) is 11.9. The van der Waals surface area contributed by atoms with E-state index in [2.05, 4.69) is 13.8 Å². The van der Waals surface area contributed by atoms with Gasteiger partial charge in [0, 0.05) is 0 Å². The Bertz CT molecular complexity index is 100. The fourth-order valence-electron chi connectivity index (χ4n) is 1.19. The first-order chi connectivity index (χ1) is 5.57. The van der Waals surface area contributed by atoms with Crippen LogP contribution in [-0.4, -0.2) is 18.8 Å². The average Bonchev–Trinajstić information content (AvgIpc) is 1.96. The molecule has 1 radical (unpaired) electrons. The molecule has 1 atom stereocenters. The molecule has 2 heteroatoms. The highest BCUT2D eigenvalue weighted by atomic mass is 16.5. The number of rotatable bonds is 6. The smallest absolute Gasteiger partial charge is 0.0823 e. The predicted octanol–water partition coefficient (Wildman–Crippen LogP) is 2.65. The summed E-state index contributed by atoms with van der Waals surface area (Å²) >= 11 is 0. The van der Waals surface area contributed by atoms with Crippen LogP contribution in [0.1, 0.15) is 40.5 Å². The van der Waals surface area contributed by atoms with Gasteiger partial charge in [0.15, 0.2) is 0 Å². The topological polar surface area (TPSA) is 29.1 Å². The maximum Gasteiger partial charge on any atom is 0.0823 e. The molecule has 2 nitrogen and oxygen atoms in total. The van der Waals surface area contributed by atoms with Gasteiger partial charge in [-0.1, -0.05) is 13.8 Å². The Labute approximate surface area is 75.9 Å². The van der Waals surface area contributed by atoms with Crippen LogP contribution in [0.3, 0.4) is 0 Å². The van der Waals surface area contributed by atoms with Crippen molar-refractivity contribution >= 4 is 0 Å². The van der Waals surface area contributed by atoms with E-state index in [0.29, 0.717) is 5.92 Å². The van der Waals surface area contributed by atoms with Gasteiger partial charge in [-0.25, -0.2) is 5.11 Å². The Hall–Kier alpha value is -0.0800. The van der Waals surface area contributed by atoms with E-state index in [1.165, 1.54) is 0 Å². The van der Waals surface area contributed by atoms with Crippen molar-refractivity contribution in [2.75, 3.05) is 6.61 Å². The minimum Gasteiger partial charge on any atom is -0.375 e. The highest BCUT2D eigenvalue weighted by Crippen LogP contribution is 2.14. The maximum atomic E-state index is 10.3. The molecule has 0 spiro atoms. The fourth-order valence-corrected chi connectivity index (χ4v) is 1.19. The number of hydrogen-bond donors (Lipinski definition) is 0. The second-order valence-corrected chi connectivity index (χ2v) is 3.81. The first-order valence-electron chi connectivity index (χ1n) is 4.81. The van der Waals surface area contributed by atoms with Crippen LogP contribution in [0, 0.1) is 5.92 Å². The monoisotopic (exact) mass is 173 g/mol. The van der Waals surface area contributed by atoms with Gasteiger partial charge < -0.3 is 4.74 Å². The van der Waals surface area contributed by atoms with Crippen LogP contribution in [0.2, 0.25) is 0 Å². The largest absolute Gasteiger partial charge is 0.375 e. The molecule has 0 heterocycles. The van der Waals surface area contributed by atoms with Crippen LogP contribution >= 0.6 is 0 Å². The predicted molar refractivity (Wildman–Crippen MR) is 49.6 cm³/mol. The van der Waals surface area contributed by atoms with Crippen molar-refractivity contribution in [1.29, 1.82) is 0 Å². The molecule has 0 aromatic heterocycles. The summed E-state index contributed by atoms with van der Waals surface area (Å²) in [6.07, 6.45) is 2.16. The van der Waals surface area contributed by atoms with E-state index in [-0.39, 0.29) is 18.8 Å². The van der Waals surface area contributed by atoms with Gasteiger partial charge in [-0.05, 0) is 32.6 Å². The van der Waals surface area contributed by atoms with Crippen molar-refractivity contribution in [3.8, 4) is 0 Å². The normalized spacial score (nSPS) is 14.2. The SMILES string of the molecule is CC(C)OC(CCC[O])C(C)C. The molecule has 0 aliphatic carbocycles. The fraction of sp³-hybridized carbons (Fsp3) is 1.00. The summed E-state index contributed by atoms with van der Waals surface area (Å²) in [7, 11) is 0. The summed E-state index contributed by atoms with van der Waals surface area (Å²) in [5.41, 5.74) is 0. The summed E-state index contributed by atoms with van der Waals surface area (Å²) in [4.78, 5) is 0. The van der Waals surface area contributed by atoms with Gasteiger partial charge >= 0.3 is 0 Å². The maximum absolute atomic E-state index is 10.3. The van der Waals surface area contributed by atoms with Gasteiger partial charge in [-0.3, -0.25) is 0 Å². The van der Waals surface area contributed by atoms with Crippen molar-refractivity contribution in [2.45, 2.75) is 52.7 Å². The van der Waals surface area contributed by atoms with Gasteiger partial charge in [0.05, 0.1) is 18.8 Å². The third-order valence-corrected chi connectivity index (χ3v) is 1.82. The second kappa shape index (κ2) is 6.44. The molecule has 0 fully saturated rings. The molecule has 0 amide bonds. The quantitative estimate of drug-likeness (QED) is 0.607. The van der Waals surface area contributed by atoms with Crippen molar-refractivity contribution in [3.05, 3.63) is 0 Å².